The highest BCUT2D eigenvalue weighted by Crippen LogP contribution is 2.28. The van der Waals surface area contributed by atoms with Gasteiger partial charge in [-0.1, -0.05) is 12.2 Å². The van der Waals surface area contributed by atoms with Crippen LogP contribution in [0.4, 0.5) is 0 Å². The van der Waals surface area contributed by atoms with Crippen LogP contribution in [0, 0.1) is 5.92 Å². The maximum atomic E-state index is 5.69. The summed E-state index contributed by atoms with van der Waals surface area (Å²) < 4.78 is 11.2. The molecular formula is C10H15ClO2. The van der Waals surface area contributed by atoms with E-state index in [4.69, 9.17) is 21.1 Å². The maximum Gasteiger partial charge on any atom is 0.161 e. The zero-order valence-electron chi connectivity index (χ0n) is 7.62. The molecule has 1 aliphatic heterocycles. The van der Waals surface area contributed by atoms with E-state index in [0.717, 1.165) is 12.8 Å². The Morgan fingerprint density at radius 2 is 2.31 bits per heavy atom. The molecule has 0 N–H and O–H groups in total. The fraction of sp³-hybridized carbons (Fsp3) is 0.800. The van der Waals surface area contributed by atoms with Crippen molar-refractivity contribution in [1.82, 2.24) is 0 Å². The fourth-order valence-electron chi connectivity index (χ4n) is 1.86. The lowest BCUT2D eigenvalue weighted by atomic mass is 9.94. The topological polar surface area (TPSA) is 18.5 Å². The zero-order chi connectivity index (χ0) is 9.10. The van der Waals surface area contributed by atoms with Gasteiger partial charge in [0.05, 0.1) is 18.6 Å². The van der Waals surface area contributed by atoms with Crippen molar-refractivity contribution >= 4 is 11.6 Å². The highest BCUT2D eigenvalue weighted by molar-refractivity contribution is 6.18. The van der Waals surface area contributed by atoms with Crippen molar-refractivity contribution in [1.29, 1.82) is 0 Å². The molecule has 13 heavy (non-hydrogen) atoms. The number of allylic oxidation sites excluding steroid dienone is 2. The molecule has 74 valence electrons. The van der Waals surface area contributed by atoms with Crippen LogP contribution in [0.2, 0.25) is 0 Å². The molecule has 3 atom stereocenters. The Balaban J connectivity index is 1.84. The molecule has 1 saturated heterocycles. The van der Waals surface area contributed by atoms with E-state index in [1.54, 1.807) is 0 Å². The largest absolute Gasteiger partial charge is 0.350 e. The van der Waals surface area contributed by atoms with Crippen LogP contribution in [0.15, 0.2) is 12.2 Å². The van der Waals surface area contributed by atoms with Gasteiger partial charge in [0.25, 0.3) is 0 Å². The van der Waals surface area contributed by atoms with Crippen molar-refractivity contribution in [3.8, 4) is 0 Å². The number of ether oxygens (including phenoxy) is 2. The van der Waals surface area contributed by atoms with E-state index in [-0.39, 0.29) is 12.4 Å². The second-order valence-electron chi connectivity index (χ2n) is 3.66. The third kappa shape index (κ3) is 2.25. The third-order valence-corrected chi connectivity index (χ3v) is 2.98. The molecule has 3 unspecified atom stereocenters. The highest BCUT2D eigenvalue weighted by Gasteiger charge is 2.31. The molecular weight excluding hydrogens is 188 g/mol. The Hall–Kier alpha value is -0.0500. The van der Waals surface area contributed by atoms with Crippen molar-refractivity contribution in [2.45, 2.75) is 31.7 Å². The van der Waals surface area contributed by atoms with Crippen molar-refractivity contribution in [3.05, 3.63) is 12.2 Å². The third-order valence-electron chi connectivity index (χ3n) is 2.64. The second kappa shape index (κ2) is 4.45. The summed E-state index contributed by atoms with van der Waals surface area (Å²) in [6.45, 7) is 0.661. The van der Waals surface area contributed by atoms with E-state index in [1.807, 2.05) is 0 Å². The van der Waals surface area contributed by atoms with Crippen LogP contribution in [0.5, 0.6) is 0 Å². The number of rotatable bonds is 2. The van der Waals surface area contributed by atoms with Crippen molar-refractivity contribution < 1.29 is 9.47 Å². The van der Waals surface area contributed by atoms with Gasteiger partial charge in [0.15, 0.2) is 6.29 Å². The molecule has 2 rings (SSSR count). The fourth-order valence-corrected chi connectivity index (χ4v) is 2.02. The maximum absolute atomic E-state index is 5.69. The molecule has 0 aromatic rings. The molecule has 0 amide bonds. The SMILES string of the molecule is ClCC1COC(C2CC=CCC2)O1. The minimum atomic E-state index is -0.00583. The highest BCUT2D eigenvalue weighted by atomic mass is 35.5. The second-order valence-corrected chi connectivity index (χ2v) is 3.97. The van der Waals surface area contributed by atoms with Crippen molar-refractivity contribution in [2.24, 2.45) is 5.92 Å². The van der Waals surface area contributed by atoms with Gasteiger partial charge in [0.1, 0.15) is 0 Å². The van der Waals surface area contributed by atoms with E-state index < -0.39 is 0 Å². The van der Waals surface area contributed by atoms with Crippen LogP contribution < -0.4 is 0 Å². The Morgan fingerprint density at radius 3 is 2.92 bits per heavy atom. The quantitative estimate of drug-likeness (QED) is 0.506. The Kier molecular flexibility index (Phi) is 3.25. The van der Waals surface area contributed by atoms with Gasteiger partial charge < -0.3 is 9.47 Å². The average molecular weight is 203 g/mol. The van der Waals surface area contributed by atoms with E-state index in [1.165, 1.54) is 6.42 Å². The first-order chi connectivity index (χ1) is 6.40. The van der Waals surface area contributed by atoms with E-state index >= 15 is 0 Å². The first-order valence-electron chi connectivity index (χ1n) is 4.88. The molecule has 0 aromatic heterocycles. The standard InChI is InChI=1S/C10H15ClO2/c11-6-9-7-12-10(13-9)8-4-2-1-3-5-8/h1-2,8-10H,3-7H2. The average Bonchev–Trinajstić information content (AvgIpc) is 2.67. The number of hydrogen-bond donors (Lipinski definition) is 0. The smallest absolute Gasteiger partial charge is 0.161 e. The Bertz CT molecular complexity index is 193. The molecule has 0 bridgehead atoms. The molecule has 1 fully saturated rings. The normalized spacial score (nSPS) is 39.6. The minimum Gasteiger partial charge on any atom is -0.350 e. The molecule has 0 aromatic carbocycles. The van der Waals surface area contributed by atoms with Crippen molar-refractivity contribution in [3.63, 3.8) is 0 Å². The summed E-state index contributed by atoms with van der Waals surface area (Å²) in [6, 6.07) is 0. The summed E-state index contributed by atoms with van der Waals surface area (Å²) in [6.07, 6.45) is 7.96. The lowest BCUT2D eigenvalue weighted by Gasteiger charge is -2.23. The van der Waals surface area contributed by atoms with Crippen LogP contribution in [0.3, 0.4) is 0 Å². The summed E-state index contributed by atoms with van der Waals surface area (Å²) in [5.41, 5.74) is 0. The summed E-state index contributed by atoms with van der Waals surface area (Å²) in [7, 11) is 0. The summed E-state index contributed by atoms with van der Waals surface area (Å²) in [5.74, 6) is 1.08. The van der Waals surface area contributed by atoms with Gasteiger partial charge in [-0.15, -0.1) is 11.6 Å². The zero-order valence-corrected chi connectivity index (χ0v) is 8.37. The van der Waals surface area contributed by atoms with Crippen LogP contribution in [-0.2, 0) is 9.47 Å². The van der Waals surface area contributed by atoms with Crippen molar-refractivity contribution in [2.75, 3.05) is 12.5 Å². The number of hydrogen-bond acceptors (Lipinski definition) is 2. The van der Waals surface area contributed by atoms with E-state index in [0.29, 0.717) is 18.4 Å². The Labute approximate surface area is 83.9 Å². The predicted molar refractivity (Wildman–Crippen MR) is 51.8 cm³/mol. The number of halogens is 1. The monoisotopic (exact) mass is 202 g/mol. The first kappa shape index (κ1) is 9.50. The molecule has 2 aliphatic rings. The van der Waals surface area contributed by atoms with Crippen LogP contribution >= 0.6 is 11.6 Å². The molecule has 1 heterocycles. The van der Waals surface area contributed by atoms with Gasteiger partial charge in [-0.2, -0.15) is 0 Å². The van der Waals surface area contributed by atoms with Crippen LogP contribution in [-0.4, -0.2) is 24.9 Å². The predicted octanol–water partition coefficient (Wildman–Crippen LogP) is 2.32. The minimum absolute atomic E-state index is 0.00583. The summed E-state index contributed by atoms with van der Waals surface area (Å²) >= 11 is 5.69. The summed E-state index contributed by atoms with van der Waals surface area (Å²) in [5, 5.41) is 0. The van der Waals surface area contributed by atoms with Gasteiger partial charge in [0.2, 0.25) is 0 Å². The van der Waals surface area contributed by atoms with Gasteiger partial charge in [0, 0.05) is 5.92 Å². The lowest BCUT2D eigenvalue weighted by Crippen LogP contribution is -2.23. The molecule has 1 aliphatic carbocycles. The van der Waals surface area contributed by atoms with Gasteiger partial charge in [-0.05, 0) is 19.3 Å². The van der Waals surface area contributed by atoms with Crippen LogP contribution in [0.25, 0.3) is 0 Å². The van der Waals surface area contributed by atoms with Crippen LogP contribution in [0.1, 0.15) is 19.3 Å². The Morgan fingerprint density at radius 1 is 1.38 bits per heavy atom. The van der Waals surface area contributed by atoms with Gasteiger partial charge in [-0.25, -0.2) is 0 Å². The molecule has 0 spiro atoms. The molecule has 0 radical (unpaired) electrons. The van der Waals surface area contributed by atoms with Gasteiger partial charge >= 0.3 is 0 Å². The molecule has 0 saturated carbocycles. The lowest BCUT2D eigenvalue weighted by molar-refractivity contribution is -0.0955. The number of alkyl halides is 1. The van der Waals surface area contributed by atoms with Gasteiger partial charge in [-0.3, -0.25) is 0 Å². The first-order valence-corrected chi connectivity index (χ1v) is 5.41. The van der Waals surface area contributed by atoms with E-state index in [9.17, 15) is 0 Å². The summed E-state index contributed by atoms with van der Waals surface area (Å²) in [4.78, 5) is 0. The van der Waals surface area contributed by atoms with E-state index in [2.05, 4.69) is 12.2 Å². The molecule has 3 heteroatoms. The molecule has 2 nitrogen and oxygen atoms in total.